The van der Waals surface area contributed by atoms with Crippen molar-refractivity contribution < 1.29 is 8.78 Å². The fourth-order valence-corrected chi connectivity index (χ4v) is 3.47. The summed E-state index contributed by atoms with van der Waals surface area (Å²) in [5.74, 6) is -0.800. The van der Waals surface area contributed by atoms with Gasteiger partial charge in [0.15, 0.2) is 23.3 Å². The van der Waals surface area contributed by atoms with E-state index in [4.69, 9.17) is 0 Å². The maximum absolute atomic E-state index is 14.1. The lowest BCUT2D eigenvalue weighted by Crippen LogP contribution is -2.37. The van der Waals surface area contributed by atoms with Crippen LogP contribution in [0.3, 0.4) is 0 Å². The Morgan fingerprint density at radius 2 is 2.00 bits per heavy atom. The number of pyridine rings is 1. The Bertz CT molecular complexity index is 523. The van der Waals surface area contributed by atoms with Crippen LogP contribution in [0.2, 0.25) is 0 Å². The molecule has 3 rings (SSSR count). The second kappa shape index (κ2) is 5.75. The van der Waals surface area contributed by atoms with Gasteiger partial charge in [0.1, 0.15) is 0 Å². The molecule has 2 aliphatic rings. The Kier molecular flexibility index (Phi) is 3.97. The minimum Gasteiger partial charge on any atom is -0.368 e. The summed E-state index contributed by atoms with van der Waals surface area (Å²) in [7, 11) is 2.14. The molecule has 2 atom stereocenters. The summed E-state index contributed by atoms with van der Waals surface area (Å²) >= 11 is 0. The molecule has 3 heterocycles. The van der Waals surface area contributed by atoms with Crippen LogP contribution in [0.15, 0.2) is 6.07 Å². The number of nitrogens with zero attached hydrogens (tertiary/aromatic N) is 3. The molecule has 2 aliphatic heterocycles. The Morgan fingerprint density at radius 3 is 2.76 bits per heavy atom. The third-order valence-corrected chi connectivity index (χ3v) is 4.70. The first kappa shape index (κ1) is 14.5. The summed E-state index contributed by atoms with van der Waals surface area (Å²) in [6, 6.07) is 1.95. The van der Waals surface area contributed by atoms with Crippen molar-refractivity contribution in [1.29, 1.82) is 0 Å². The first-order valence-corrected chi connectivity index (χ1v) is 7.67. The lowest BCUT2D eigenvalue weighted by molar-refractivity contribution is 0.254. The van der Waals surface area contributed by atoms with Crippen LogP contribution in [0.5, 0.6) is 0 Å². The van der Waals surface area contributed by atoms with Gasteiger partial charge in [-0.25, -0.2) is 13.8 Å². The quantitative estimate of drug-likeness (QED) is 0.928. The highest BCUT2D eigenvalue weighted by Gasteiger charge is 2.35. The highest BCUT2D eigenvalue weighted by Crippen LogP contribution is 2.31. The van der Waals surface area contributed by atoms with Crippen LogP contribution in [0.1, 0.15) is 26.2 Å². The highest BCUT2D eigenvalue weighted by molar-refractivity contribution is 5.49. The number of nitrogens with one attached hydrogen (secondary N) is 1. The van der Waals surface area contributed by atoms with Crippen molar-refractivity contribution in [2.75, 3.05) is 36.9 Å². The van der Waals surface area contributed by atoms with Crippen LogP contribution >= 0.6 is 0 Å². The summed E-state index contributed by atoms with van der Waals surface area (Å²) in [6.07, 6.45) is 3.36. The summed E-state index contributed by atoms with van der Waals surface area (Å²) in [5, 5.41) is 2.85. The van der Waals surface area contributed by atoms with Gasteiger partial charge in [-0.15, -0.1) is 0 Å². The Balaban J connectivity index is 1.87. The van der Waals surface area contributed by atoms with Crippen molar-refractivity contribution in [2.24, 2.45) is 0 Å². The molecule has 21 heavy (non-hydrogen) atoms. The minimum atomic E-state index is -0.633. The van der Waals surface area contributed by atoms with Gasteiger partial charge in [0.25, 0.3) is 0 Å². The van der Waals surface area contributed by atoms with Crippen LogP contribution in [-0.4, -0.2) is 48.6 Å². The lowest BCUT2D eigenvalue weighted by atomic mass is 10.1. The second-order valence-corrected chi connectivity index (χ2v) is 5.94. The van der Waals surface area contributed by atoms with E-state index in [-0.39, 0.29) is 11.6 Å². The molecule has 0 amide bonds. The van der Waals surface area contributed by atoms with Gasteiger partial charge in [-0.2, -0.15) is 0 Å². The third kappa shape index (κ3) is 2.69. The van der Waals surface area contributed by atoms with Crippen LogP contribution < -0.4 is 10.2 Å². The predicted octanol–water partition coefficient (Wildman–Crippen LogP) is 2.46. The minimum absolute atomic E-state index is 0.136. The van der Waals surface area contributed by atoms with Gasteiger partial charge in [0, 0.05) is 37.8 Å². The van der Waals surface area contributed by atoms with Crippen LogP contribution in [0.4, 0.5) is 20.4 Å². The van der Waals surface area contributed by atoms with E-state index in [1.54, 1.807) is 0 Å². The maximum Gasteiger partial charge on any atom is 0.168 e. The predicted molar refractivity (Wildman–Crippen MR) is 79.7 cm³/mol. The van der Waals surface area contributed by atoms with Gasteiger partial charge in [-0.1, -0.05) is 0 Å². The van der Waals surface area contributed by atoms with Gasteiger partial charge in [0.05, 0.1) is 0 Å². The monoisotopic (exact) mass is 296 g/mol. The average molecular weight is 296 g/mol. The van der Waals surface area contributed by atoms with E-state index >= 15 is 0 Å². The molecule has 0 spiro atoms. The molecule has 2 bridgehead atoms. The normalized spacial score (nSPS) is 26.0. The van der Waals surface area contributed by atoms with Crippen molar-refractivity contribution >= 4 is 11.6 Å². The standard InChI is InChI=1S/C15H22F2N4/c1-3-18-14-12(16)8-13(17)15(19-14)21-7-6-10-4-5-11(9-21)20(10)2/h8,10-11H,3-7,9H2,1-2H3,(H,18,19). The molecule has 6 heteroatoms. The van der Waals surface area contributed by atoms with Gasteiger partial charge in [-0.05, 0) is 33.2 Å². The van der Waals surface area contributed by atoms with Crippen molar-refractivity contribution in [3.8, 4) is 0 Å². The topological polar surface area (TPSA) is 31.4 Å². The van der Waals surface area contributed by atoms with Crippen molar-refractivity contribution in [2.45, 2.75) is 38.3 Å². The molecule has 1 aromatic heterocycles. The van der Waals surface area contributed by atoms with E-state index in [0.717, 1.165) is 32.0 Å². The number of anilines is 2. The highest BCUT2D eigenvalue weighted by atomic mass is 19.1. The Morgan fingerprint density at radius 1 is 1.24 bits per heavy atom. The fraction of sp³-hybridized carbons (Fsp3) is 0.667. The van der Waals surface area contributed by atoms with Crippen molar-refractivity contribution in [1.82, 2.24) is 9.88 Å². The van der Waals surface area contributed by atoms with Gasteiger partial charge in [0.2, 0.25) is 0 Å². The molecule has 116 valence electrons. The maximum atomic E-state index is 14.1. The van der Waals surface area contributed by atoms with Crippen molar-refractivity contribution in [3.05, 3.63) is 17.7 Å². The molecule has 1 N–H and O–H groups in total. The van der Waals surface area contributed by atoms with Gasteiger partial charge >= 0.3 is 0 Å². The molecular formula is C15H22F2N4. The molecule has 1 aromatic rings. The zero-order chi connectivity index (χ0) is 15.0. The molecule has 0 radical (unpaired) electrons. The number of rotatable bonds is 3. The molecular weight excluding hydrogens is 274 g/mol. The Labute approximate surface area is 124 Å². The fourth-order valence-electron chi connectivity index (χ4n) is 3.47. The van der Waals surface area contributed by atoms with E-state index in [1.165, 1.54) is 6.42 Å². The smallest absolute Gasteiger partial charge is 0.168 e. The van der Waals surface area contributed by atoms with E-state index in [0.29, 0.717) is 18.6 Å². The second-order valence-electron chi connectivity index (χ2n) is 5.94. The first-order chi connectivity index (χ1) is 10.1. The number of hydrogen-bond acceptors (Lipinski definition) is 4. The molecule has 4 nitrogen and oxygen atoms in total. The van der Waals surface area contributed by atoms with E-state index in [2.05, 4.69) is 22.2 Å². The molecule has 2 saturated heterocycles. The van der Waals surface area contributed by atoms with E-state index in [1.807, 2.05) is 11.8 Å². The number of hydrogen-bond donors (Lipinski definition) is 1. The van der Waals surface area contributed by atoms with Gasteiger partial charge < -0.3 is 10.2 Å². The molecule has 0 aliphatic carbocycles. The number of halogens is 2. The Hall–Kier alpha value is -1.43. The largest absolute Gasteiger partial charge is 0.368 e. The van der Waals surface area contributed by atoms with Crippen molar-refractivity contribution in [3.63, 3.8) is 0 Å². The number of aromatic nitrogens is 1. The summed E-state index contributed by atoms with van der Waals surface area (Å²) in [6.45, 7) is 3.95. The lowest BCUT2D eigenvalue weighted by Gasteiger charge is -2.27. The van der Waals surface area contributed by atoms with E-state index < -0.39 is 11.6 Å². The third-order valence-electron chi connectivity index (χ3n) is 4.70. The SMILES string of the molecule is CCNc1nc(N2CCC3CCC(C2)N3C)c(F)cc1F. The van der Waals surface area contributed by atoms with Crippen LogP contribution in [-0.2, 0) is 0 Å². The number of likely N-dealkylation sites (N-methyl/N-ethyl adjacent to an activating group) is 1. The summed E-state index contributed by atoms with van der Waals surface area (Å²) < 4.78 is 27.8. The van der Waals surface area contributed by atoms with Gasteiger partial charge in [-0.3, -0.25) is 4.90 Å². The first-order valence-electron chi connectivity index (χ1n) is 7.67. The molecule has 0 aromatic carbocycles. The number of fused-ring (bicyclic) bond motifs is 2. The molecule has 0 saturated carbocycles. The summed E-state index contributed by atoms with van der Waals surface area (Å²) in [5.41, 5.74) is 0. The molecule has 2 unspecified atom stereocenters. The zero-order valence-electron chi connectivity index (χ0n) is 12.6. The van der Waals surface area contributed by atoms with Crippen LogP contribution in [0.25, 0.3) is 0 Å². The molecule has 2 fully saturated rings. The van der Waals surface area contributed by atoms with E-state index in [9.17, 15) is 8.78 Å². The summed E-state index contributed by atoms with van der Waals surface area (Å²) in [4.78, 5) is 8.55. The van der Waals surface area contributed by atoms with Crippen LogP contribution in [0, 0.1) is 11.6 Å². The zero-order valence-corrected chi connectivity index (χ0v) is 12.6. The average Bonchev–Trinajstić information content (AvgIpc) is 2.68.